The molecule has 1 saturated heterocycles. The third-order valence-corrected chi connectivity index (χ3v) is 2.46. The van der Waals surface area contributed by atoms with Crippen LogP contribution in [-0.2, 0) is 0 Å². The van der Waals surface area contributed by atoms with Crippen molar-refractivity contribution >= 4 is 0 Å². The van der Waals surface area contributed by atoms with Crippen molar-refractivity contribution in [3.8, 4) is 18.0 Å². The smallest absolute Gasteiger partial charge is 0.326 e. The van der Waals surface area contributed by atoms with Crippen LogP contribution < -0.4 is 19.5 Å². The van der Waals surface area contributed by atoms with E-state index in [-0.39, 0.29) is 24.1 Å². The van der Waals surface area contributed by atoms with Crippen LogP contribution in [0.3, 0.4) is 0 Å². The highest BCUT2D eigenvalue weighted by Gasteiger charge is 2.17. The molecule has 2 rings (SSSR count). The van der Waals surface area contributed by atoms with Gasteiger partial charge in [-0.1, -0.05) is 0 Å². The van der Waals surface area contributed by atoms with Gasteiger partial charge in [0.2, 0.25) is 0 Å². The fourth-order valence-electron chi connectivity index (χ4n) is 1.63. The Morgan fingerprint density at radius 1 is 1.06 bits per heavy atom. The molecule has 1 aliphatic rings. The zero-order chi connectivity index (χ0) is 12.1. The molecule has 2 heterocycles. The molecule has 1 aromatic rings. The molecule has 0 aromatic carbocycles. The second-order valence-corrected chi connectivity index (χ2v) is 3.68. The van der Waals surface area contributed by atoms with Crippen molar-refractivity contribution in [2.45, 2.75) is 18.9 Å². The van der Waals surface area contributed by atoms with Crippen LogP contribution in [0.2, 0.25) is 0 Å². The minimum atomic E-state index is 0.0839. The topological polar surface area (TPSA) is 78.4 Å². The summed E-state index contributed by atoms with van der Waals surface area (Å²) in [5.74, 6) is 0. The summed E-state index contributed by atoms with van der Waals surface area (Å²) in [6.07, 6.45) is 2.16. The predicted octanol–water partition coefficient (Wildman–Crippen LogP) is 0.0196. The number of piperidine rings is 1. The lowest BCUT2D eigenvalue weighted by atomic mass is 10.1. The first-order valence-electron chi connectivity index (χ1n) is 5.53. The zero-order valence-electron chi connectivity index (χ0n) is 9.97. The minimum Gasteiger partial charge on any atom is -0.467 e. The lowest BCUT2D eigenvalue weighted by molar-refractivity contribution is 0.148. The van der Waals surface area contributed by atoms with Crippen molar-refractivity contribution in [1.29, 1.82) is 0 Å². The fourth-order valence-corrected chi connectivity index (χ4v) is 1.63. The summed E-state index contributed by atoms with van der Waals surface area (Å²) in [4.78, 5) is 11.9. The zero-order valence-corrected chi connectivity index (χ0v) is 9.97. The van der Waals surface area contributed by atoms with Gasteiger partial charge in [-0.25, -0.2) is 0 Å². The van der Waals surface area contributed by atoms with Gasteiger partial charge in [0.25, 0.3) is 0 Å². The average Bonchev–Trinajstić information content (AvgIpc) is 2.39. The van der Waals surface area contributed by atoms with Crippen LogP contribution in [0.15, 0.2) is 0 Å². The summed E-state index contributed by atoms with van der Waals surface area (Å²) in [5.41, 5.74) is 0. The summed E-state index contributed by atoms with van der Waals surface area (Å²) >= 11 is 0. The summed E-state index contributed by atoms with van der Waals surface area (Å²) < 4.78 is 15.6. The van der Waals surface area contributed by atoms with Crippen LogP contribution >= 0.6 is 0 Å². The van der Waals surface area contributed by atoms with Crippen molar-refractivity contribution < 1.29 is 14.2 Å². The van der Waals surface area contributed by atoms with Crippen LogP contribution in [0.1, 0.15) is 12.8 Å². The van der Waals surface area contributed by atoms with Crippen molar-refractivity contribution in [3.05, 3.63) is 0 Å². The van der Waals surface area contributed by atoms with Crippen molar-refractivity contribution in [3.63, 3.8) is 0 Å². The standard InChI is InChI=1S/C10H16N4O3/c1-15-8-12-9(16-2)14-10(13-8)17-7-4-3-5-11-6-7/h7,11H,3-6H2,1-2H3. The lowest BCUT2D eigenvalue weighted by Gasteiger charge is -2.22. The number of nitrogens with one attached hydrogen (secondary N) is 1. The molecule has 7 heteroatoms. The molecule has 17 heavy (non-hydrogen) atoms. The molecule has 0 bridgehead atoms. The van der Waals surface area contributed by atoms with E-state index in [0.29, 0.717) is 0 Å². The van der Waals surface area contributed by atoms with E-state index < -0.39 is 0 Å². The summed E-state index contributed by atoms with van der Waals surface area (Å²) in [5, 5.41) is 3.25. The molecule has 0 amide bonds. The number of aromatic nitrogens is 3. The second-order valence-electron chi connectivity index (χ2n) is 3.68. The normalized spacial score (nSPS) is 19.8. The maximum Gasteiger partial charge on any atom is 0.326 e. The molecule has 1 atom stereocenters. The second kappa shape index (κ2) is 5.62. The average molecular weight is 240 g/mol. The van der Waals surface area contributed by atoms with Crippen LogP contribution in [0, 0.1) is 0 Å². The molecule has 0 radical (unpaired) electrons. The molecule has 1 unspecified atom stereocenters. The Kier molecular flexibility index (Phi) is 3.92. The molecule has 7 nitrogen and oxygen atoms in total. The van der Waals surface area contributed by atoms with E-state index in [4.69, 9.17) is 14.2 Å². The highest BCUT2D eigenvalue weighted by Crippen LogP contribution is 2.16. The first-order valence-corrected chi connectivity index (χ1v) is 5.53. The van der Waals surface area contributed by atoms with Gasteiger partial charge >= 0.3 is 18.0 Å². The number of ether oxygens (including phenoxy) is 3. The van der Waals surface area contributed by atoms with Crippen molar-refractivity contribution in [2.24, 2.45) is 0 Å². The first-order chi connectivity index (χ1) is 8.31. The van der Waals surface area contributed by atoms with Crippen molar-refractivity contribution in [1.82, 2.24) is 20.3 Å². The number of nitrogens with zero attached hydrogens (tertiary/aromatic N) is 3. The monoisotopic (exact) mass is 240 g/mol. The highest BCUT2D eigenvalue weighted by atomic mass is 16.5. The van der Waals surface area contributed by atoms with Gasteiger partial charge in [-0.05, 0) is 19.4 Å². The Morgan fingerprint density at radius 2 is 1.71 bits per heavy atom. The molecule has 0 aliphatic carbocycles. The van der Waals surface area contributed by atoms with Gasteiger partial charge in [-0.15, -0.1) is 15.0 Å². The third kappa shape index (κ3) is 3.16. The molecular weight excluding hydrogens is 224 g/mol. The largest absolute Gasteiger partial charge is 0.467 e. The van der Waals surface area contributed by atoms with Gasteiger partial charge in [-0.3, -0.25) is 0 Å². The van der Waals surface area contributed by atoms with Crippen molar-refractivity contribution in [2.75, 3.05) is 27.3 Å². The molecule has 1 aliphatic heterocycles. The predicted molar refractivity (Wildman–Crippen MR) is 59.5 cm³/mol. The van der Waals surface area contributed by atoms with E-state index in [9.17, 15) is 0 Å². The summed E-state index contributed by atoms with van der Waals surface area (Å²) in [7, 11) is 2.97. The van der Waals surface area contributed by atoms with Gasteiger partial charge in [0.1, 0.15) is 6.10 Å². The van der Waals surface area contributed by atoms with Gasteiger partial charge in [0.15, 0.2) is 0 Å². The minimum absolute atomic E-state index is 0.0839. The summed E-state index contributed by atoms with van der Waals surface area (Å²) in [6.45, 7) is 1.83. The van der Waals surface area contributed by atoms with Crippen LogP contribution in [-0.4, -0.2) is 48.4 Å². The van der Waals surface area contributed by atoms with Crippen LogP contribution in [0.5, 0.6) is 18.0 Å². The first kappa shape index (κ1) is 11.8. The van der Waals surface area contributed by atoms with E-state index in [1.807, 2.05) is 0 Å². The number of rotatable bonds is 4. The fraction of sp³-hybridized carbons (Fsp3) is 0.700. The molecule has 1 N–H and O–H groups in total. The van der Waals surface area contributed by atoms with Gasteiger partial charge in [0, 0.05) is 6.54 Å². The highest BCUT2D eigenvalue weighted by molar-refractivity contribution is 5.09. The quantitative estimate of drug-likeness (QED) is 0.794. The van der Waals surface area contributed by atoms with Gasteiger partial charge in [-0.2, -0.15) is 0 Å². The van der Waals surface area contributed by atoms with E-state index in [2.05, 4.69) is 20.3 Å². The molecule has 0 spiro atoms. The number of hydrogen-bond donors (Lipinski definition) is 1. The number of hydrogen-bond acceptors (Lipinski definition) is 7. The Balaban J connectivity index is 2.07. The van der Waals surface area contributed by atoms with E-state index >= 15 is 0 Å². The Hall–Kier alpha value is -1.63. The van der Waals surface area contributed by atoms with Gasteiger partial charge < -0.3 is 19.5 Å². The Labute approximate surface area is 99.5 Å². The molecular formula is C10H16N4O3. The number of methoxy groups -OCH3 is 2. The SMILES string of the molecule is COc1nc(OC)nc(OC2CCCNC2)n1. The maximum atomic E-state index is 5.66. The van der Waals surface area contributed by atoms with Crippen LogP contribution in [0.25, 0.3) is 0 Å². The van der Waals surface area contributed by atoms with E-state index in [0.717, 1.165) is 25.9 Å². The lowest BCUT2D eigenvalue weighted by Crippen LogP contribution is -2.37. The third-order valence-electron chi connectivity index (χ3n) is 2.46. The molecule has 94 valence electrons. The maximum absolute atomic E-state index is 5.66. The van der Waals surface area contributed by atoms with Crippen LogP contribution in [0.4, 0.5) is 0 Å². The molecule has 1 fully saturated rings. The molecule has 0 saturated carbocycles. The summed E-state index contributed by atoms with van der Waals surface area (Å²) in [6, 6.07) is 0.619. The van der Waals surface area contributed by atoms with E-state index in [1.54, 1.807) is 0 Å². The van der Waals surface area contributed by atoms with E-state index in [1.165, 1.54) is 14.2 Å². The van der Waals surface area contributed by atoms with Gasteiger partial charge in [0.05, 0.1) is 14.2 Å². The Morgan fingerprint density at radius 3 is 2.24 bits per heavy atom. The molecule has 1 aromatic heterocycles. The Bertz CT molecular complexity index is 346.